The second kappa shape index (κ2) is 12.7. The van der Waals surface area contributed by atoms with Crippen molar-refractivity contribution in [2.24, 2.45) is 5.92 Å². The van der Waals surface area contributed by atoms with Crippen LogP contribution in [0.4, 0.5) is 9.18 Å². The van der Waals surface area contributed by atoms with Crippen molar-refractivity contribution in [1.29, 1.82) is 0 Å². The maximum Gasteiger partial charge on any atom is 0.410 e. The van der Waals surface area contributed by atoms with Crippen LogP contribution in [0.25, 0.3) is 0 Å². The molecule has 1 aliphatic rings. The summed E-state index contributed by atoms with van der Waals surface area (Å²) in [5.74, 6) is -0.356. The van der Waals surface area contributed by atoms with Crippen LogP contribution in [0.3, 0.4) is 0 Å². The first-order valence-electron chi connectivity index (χ1n) is 12.4. The summed E-state index contributed by atoms with van der Waals surface area (Å²) in [6.45, 7) is 7.91. The Morgan fingerprint density at radius 3 is 2.34 bits per heavy atom. The molecule has 7 heteroatoms. The fourth-order valence-electron chi connectivity index (χ4n) is 4.26. The van der Waals surface area contributed by atoms with Crippen LogP contribution >= 0.6 is 0 Å². The van der Waals surface area contributed by atoms with Crippen molar-refractivity contribution in [3.05, 3.63) is 71.5 Å². The van der Waals surface area contributed by atoms with E-state index in [2.05, 4.69) is 5.32 Å². The highest BCUT2D eigenvalue weighted by molar-refractivity contribution is 5.94. The Morgan fingerprint density at radius 2 is 1.71 bits per heavy atom. The molecule has 1 heterocycles. The molecule has 2 aromatic carbocycles. The van der Waals surface area contributed by atoms with Crippen LogP contribution in [0, 0.1) is 11.7 Å². The molecule has 0 spiro atoms. The Balaban J connectivity index is 1.55. The lowest BCUT2D eigenvalue weighted by atomic mass is 9.86. The van der Waals surface area contributed by atoms with Gasteiger partial charge in [0.2, 0.25) is 0 Å². The summed E-state index contributed by atoms with van der Waals surface area (Å²) >= 11 is 0. The highest BCUT2D eigenvalue weighted by Crippen LogP contribution is 2.25. The molecule has 2 amide bonds. The third-order valence-electron chi connectivity index (χ3n) is 6.10. The van der Waals surface area contributed by atoms with Gasteiger partial charge in [-0.15, -0.1) is 0 Å². The quantitative estimate of drug-likeness (QED) is 0.473. The van der Waals surface area contributed by atoms with Crippen LogP contribution < -0.4 is 5.32 Å². The number of carbonyl (C=O) groups excluding carboxylic acids is 2. The van der Waals surface area contributed by atoms with Crippen molar-refractivity contribution in [1.82, 2.24) is 10.2 Å². The van der Waals surface area contributed by atoms with E-state index in [-0.39, 0.29) is 29.8 Å². The van der Waals surface area contributed by atoms with Crippen LogP contribution in [0.5, 0.6) is 0 Å². The average molecular weight is 485 g/mol. The minimum atomic E-state index is -0.528. The molecular formula is C28H37FN2O4. The highest BCUT2D eigenvalue weighted by atomic mass is 19.1. The number of hydrogen-bond acceptors (Lipinski definition) is 4. The molecule has 1 unspecified atom stereocenters. The van der Waals surface area contributed by atoms with E-state index < -0.39 is 5.60 Å². The molecule has 6 nitrogen and oxygen atoms in total. The van der Waals surface area contributed by atoms with Gasteiger partial charge >= 0.3 is 6.09 Å². The maximum absolute atomic E-state index is 13.3. The van der Waals surface area contributed by atoms with Crippen LogP contribution in [-0.4, -0.2) is 48.2 Å². The maximum atomic E-state index is 13.3. The number of halogens is 1. The number of amides is 2. The Bertz CT molecular complexity index is 936. The van der Waals surface area contributed by atoms with Gasteiger partial charge < -0.3 is 19.7 Å². The fourth-order valence-corrected chi connectivity index (χ4v) is 4.26. The van der Waals surface area contributed by atoms with Gasteiger partial charge in [0.05, 0.1) is 6.61 Å². The van der Waals surface area contributed by atoms with Crippen LogP contribution in [0.1, 0.15) is 62.4 Å². The van der Waals surface area contributed by atoms with Gasteiger partial charge in [-0.1, -0.05) is 30.3 Å². The molecule has 3 rings (SSSR count). The lowest BCUT2D eigenvalue weighted by Gasteiger charge is -2.37. The summed E-state index contributed by atoms with van der Waals surface area (Å²) in [7, 11) is 0. The van der Waals surface area contributed by atoms with Crippen molar-refractivity contribution in [2.45, 2.75) is 64.7 Å². The molecule has 1 saturated heterocycles. The Hall–Kier alpha value is -2.93. The van der Waals surface area contributed by atoms with Gasteiger partial charge in [0.1, 0.15) is 11.4 Å². The number of nitrogens with zero attached hydrogens (tertiary/aromatic N) is 1. The lowest BCUT2D eigenvalue weighted by Crippen LogP contribution is -2.47. The smallest absolute Gasteiger partial charge is 0.410 e. The highest BCUT2D eigenvalue weighted by Gasteiger charge is 2.31. The summed E-state index contributed by atoms with van der Waals surface area (Å²) in [5.41, 5.74) is 1.03. The molecule has 0 aliphatic carbocycles. The van der Waals surface area contributed by atoms with Gasteiger partial charge in [-0.05, 0) is 82.2 Å². The Labute approximate surface area is 207 Å². The summed E-state index contributed by atoms with van der Waals surface area (Å²) in [4.78, 5) is 27.0. The molecule has 1 aliphatic heterocycles. The first-order valence-corrected chi connectivity index (χ1v) is 12.4. The summed E-state index contributed by atoms with van der Waals surface area (Å²) in [5, 5.41) is 3.16. The van der Waals surface area contributed by atoms with Crippen molar-refractivity contribution in [3.63, 3.8) is 0 Å². The van der Waals surface area contributed by atoms with E-state index >= 15 is 0 Å². The van der Waals surface area contributed by atoms with Gasteiger partial charge in [0.25, 0.3) is 5.91 Å². The normalized spacial score (nSPS) is 15.5. The Kier molecular flexibility index (Phi) is 9.66. The number of carbonyl (C=O) groups is 2. The zero-order valence-electron chi connectivity index (χ0n) is 21.0. The third-order valence-corrected chi connectivity index (χ3v) is 6.10. The lowest BCUT2D eigenvalue weighted by molar-refractivity contribution is 0.0164. The van der Waals surface area contributed by atoms with Crippen molar-refractivity contribution in [3.8, 4) is 0 Å². The zero-order valence-corrected chi connectivity index (χ0v) is 21.0. The molecule has 190 valence electrons. The van der Waals surface area contributed by atoms with E-state index in [0.29, 0.717) is 31.9 Å². The second-order valence-electron chi connectivity index (χ2n) is 10.1. The van der Waals surface area contributed by atoms with Gasteiger partial charge in [0, 0.05) is 31.3 Å². The molecule has 35 heavy (non-hydrogen) atoms. The summed E-state index contributed by atoms with van der Waals surface area (Å²) in [6.07, 6.45) is 2.82. The van der Waals surface area contributed by atoms with Crippen molar-refractivity contribution < 1.29 is 23.5 Å². The second-order valence-corrected chi connectivity index (χ2v) is 10.1. The predicted molar refractivity (Wildman–Crippen MR) is 134 cm³/mol. The monoisotopic (exact) mass is 484 g/mol. The predicted octanol–water partition coefficient (Wildman–Crippen LogP) is 5.57. The van der Waals surface area contributed by atoms with E-state index in [1.807, 2.05) is 51.1 Å². The first kappa shape index (κ1) is 26.7. The molecule has 0 bridgehead atoms. The Morgan fingerprint density at radius 1 is 1.06 bits per heavy atom. The molecule has 1 atom stereocenters. The summed E-state index contributed by atoms with van der Waals surface area (Å²) < 4.78 is 24.6. The van der Waals surface area contributed by atoms with Crippen LogP contribution in [-0.2, 0) is 16.1 Å². The zero-order chi connectivity index (χ0) is 25.3. The minimum absolute atomic E-state index is 0.0614. The van der Waals surface area contributed by atoms with Crippen molar-refractivity contribution >= 4 is 12.0 Å². The van der Waals surface area contributed by atoms with Gasteiger partial charge in [-0.25, -0.2) is 9.18 Å². The molecule has 1 N–H and O–H groups in total. The SMILES string of the molecule is CC(C)(C)OC(=O)N1CCC(C(CCCOCc2ccccc2)NC(=O)c2ccc(F)cc2)CC1. The molecular weight excluding hydrogens is 447 g/mol. The first-order chi connectivity index (χ1) is 16.7. The number of ether oxygens (including phenoxy) is 2. The van der Waals surface area contributed by atoms with E-state index in [1.165, 1.54) is 24.3 Å². The molecule has 1 fully saturated rings. The minimum Gasteiger partial charge on any atom is -0.444 e. The number of piperidine rings is 1. The molecule has 0 radical (unpaired) electrons. The van der Waals surface area contributed by atoms with Gasteiger partial charge in [0.15, 0.2) is 0 Å². The van der Waals surface area contributed by atoms with E-state index in [9.17, 15) is 14.0 Å². The van der Waals surface area contributed by atoms with E-state index in [4.69, 9.17) is 9.47 Å². The van der Waals surface area contributed by atoms with Crippen molar-refractivity contribution in [2.75, 3.05) is 19.7 Å². The standard InChI is InChI=1S/C28H37FN2O4/c1-28(2,3)35-27(33)31-17-15-22(16-18-31)25(30-26(32)23-11-13-24(29)14-12-23)10-7-19-34-20-21-8-5-4-6-9-21/h4-6,8-9,11-14,22,25H,7,10,15-20H2,1-3H3,(H,30,32). The van der Waals surface area contributed by atoms with Gasteiger partial charge in [-0.2, -0.15) is 0 Å². The number of rotatable bonds is 9. The van der Waals surface area contributed by atoms with Crippen LogP contribution in [0.15, 0.2) is 54.6 Å². The number of hydrogen-bond donors (Lipinski definition) is 1. The largest absolute Gasteiger partial charge is 0.444 e. The summed E-state index contributed by atoms with van der Waals surface area (Å²) in [6, 6.07) is 15.5. The third kappa shape index (κ3) is 8.98. The molecule has 0 aromatic heterocycles. The fraction of sp³-hybridized carbons (Fsp3) is 0.500. The van der Waals surface area contributed by atoms with E-state index in [1.54, 1.807) is 4.90 Å². The number of nitrogens with one attached hydrogen (secondary N) is 1. The number of likely N-dealkylation sites (tertiary alicyclic amines) is 1. The topological polar surface area (TPSA) is 67.9 Å². The number of benzene rings is 2. The molecule has 0 saturated carbocycles. The van der Waals surface area contributed by atoms with Crippen LogP contribution in [0.2, 0.25) is 0 Å². The average Bonchev–Trinajstić information content (AvgIpc) is 2.83. The molecule has 2 aromatic rings. The van der Waals surface area contributed by atoms with Gasteiger partial charge in [-0.3, -0.25) is 4.79 Å². The van der Waals surface area contributed by atoms with E-state index in [0.717, 1.165) is 31.2 Å².